The molecule has 3 aromatic rings. The van der Waals surface area contributed by atoms with Gasteiger partial charge in [0.15, 0.2) is 0 Å². The summed E-state index contributed by atoms with van der Waals surface area (Å²) in [4.78, 5) is 34.5. The van der Waals surface area contributed by atoms with Crippen LogP contribution in [0.25, 0.3) is 11.1 Å². The summed E-state index contributed by atoms with van der Waals surface area (Å²) < 4.78 is 0. The minimum absolute atomic E-state index is 0.0375. The van der Waals surface area contributed by atoms with E-state index in [1.807, 2.05) is 42.5 Å². The first-order valence-corrected chi connectivity index (χ1v) is 9.45. The molecule has 0 aliphatic heterocycles. The number of non-ortho nitro benzene ring substituents is 1. The molecule has 8 nitrogen and oxygen atoms in total. The number of anilines is 1. The molecule has 8 heteroatoms. The van der Waals surface area contributed by atoms with E-state index in [0.717, 1.165) is 11.1 Å². The van der Waals surface area contributed by atoms with Gasteiger partial charge in [-0.25, -0.2) is 5.43 Å². The van der Waals surface area contributed by atoms with Gasteiger partial charge in [0.05, 0.1) is 11.3 Å². The topological polar surface area (TPSA) is 114 Å². The van der Waals surface area contributed by atoms with Gasteiger partial charge in [-0.3, -0.25) is 19.7 Å². The second kappa shape index (κ2) is 9.93. The Labute approximate surface area is 178 Å². The molecule has 0 atom stereocenters. The van der Waals surface area contributed by atoms with Gasteiger partial charge < -0.3 is 5.32 Å². The van der Waals surface area contributed by atoms with Crippen molar-refractivity contribution < 1.29 is 14.5 Å². The fourth-order valence-corrected chi connectivity index (χ4v) is 2.80. The lowest BCUT2D eigenvalue weighted by atomic mass is 10.0. The third kappa shape index (κ3) is 6.07. The highest BCUT2D eigenvalue weighted by Crippen LogP contribution is 2.19. The number of hydrogen-bond acceptors (Lipinski definition) is 5. The maximum atomic E-state index is 12.3. The second-order valence-corrected chi connectivity index (χ2v) is 6.76. The monoisotopic (exact) mass is 416 g/mol. The molecule has 0 saturated heterocycles. The first-order valence-electron chi connectivity index (χ1n) is 9.45. The quantitative estimate of drug-likeness (QED) is 0.338. The molecular weight excluding hydrogens is 396 g/mol. The van der Waals surface area contributed by atoms with E-state index in [1.54, 1.807) is 19.1 Å². The number of amides is 2. The summed E-state index contributed by atoms with van der Waals surface area (Å²) in [5, 5.41) is 17.3. The van der Waals surface area contributed by atoms with E-state index >= 15 is 0 Å². The van der Waals surface area contributed by atoms with Gasteiger partial charge in [-0.05, 0) is 42.3 Å². The van der Waals surface area contributed by atoms with E-state index in [9.17, 15) is 19.7 Å². The molecule has 0 aliphatic rings. The van der Waals surface area contributed by atoms with E-state index in [-0.39, 0.29) is 23.9 Å². The molecule has 3 rings (SSSR count). The number of benzene rings is 3. The number of hydrogen-bond donors (Lipinski definition) is 2. The van der Waals surface area contributed by atoms with E-state index < -0.39 is 4.92 Å². The molecule has 0 fully saturated rings. The average Bonchev–Trinajstić information content (AvgIpc) is 2.78. The van der Waals surface area contributed by atoms with Gasteiger partial charge in [-0.15, -0.1) is 0 Å². The van der Waals surface area contributed by atoms with Crippen LogP contribution in [-0.4, -0.2) is 22.4 Å². The first-order chi connectivity index (χ1) is 14.9. The predicted molar refractivity (Wildman–Crippen MR) is 119 cm³/mol. The molecule has 3 aromatic carbocycles. The normalized spacial score (nSPS) is 10.9. The Morgan fingerprint density at radius 1 is 0.903 bits per heavy atom. The number of hydrazone groups is 1. The fourth-order valence-electron chi connectivity index (χ4n) is 2.80. The third-order valence-electron chi connectivity index (χ3n) is 4.38. The number of nitrogens with zero attached hydrogens (tertiary/aromatic N) is 2. The summed E-state index contributed by atoms with van der Waals surface area (Å²) in [7, 11) is 0. The first kappa shape index (κ1) is 21.4. The number of nitro groups is 1. The Morgan fingerprint density at radius 3 is 2.13 bits per heavy atom. The van der Waals surface area contributed by atoms with Crippen molar-refractivity contribution in [3.05, 3.63) is 94.5 Å². The molecule has 0 aromatic heterocycles. The van der Waals surface area contributed by atoms with Crippen LogP contribution in [0.15, 0.2) is 84.0 Å². The van der Waals surface area contributed by atoms with E-state index in [2.05, 4.69) is 15.8 Å². The highest BCUT2D eigenvalue weighted by atomic mass is 16.6. The van der Waals surface area contributed by atoms with Crippen LogP contribution in [0.5, 0.6) is 0 Å². The van der Waals surface area contributed by atoms with Crippen LogP contribution in [0.4, 0.5) is 11.4 Å². The van der Waals surface area contributed by atoms with Gasteiger partial charge in [-0.1, -0.05) is 42.5 Å². The Hall–Kier alpha value is -4.33. The highest BCUT2D eigenvalue weighted by molar-refractivity contribution is 6.06. The van der Waals surface area contributed by atoms with Gasteiger partial charge in [0.25, 0.3) is 11.6 Å². The van der Waals surface area contributed by atoms with Crippen LogP contribution < -0.4 is 10.7 Å². The van der Waals surface area contributed by atoms with E-state index in [1.165, 1.54) is 24.3 Å². The molecule has 0 bridgehead atoms. The van der Waals surface area contributed by atoms with Crippen molar-refractivity contribution in [1.29, 1.82) is 0 Å². The van der Waals surface area contributed by atoms with Crippen molar-refractivity contribution in [2.45, 2.75) is 13.3 Å². The Morgan fingerprint density at radius 2 is 1.52 bits per heavy atom. The summed E-state index contributed by atoms with van der Waals surface area (Å²) in [5.74, 6) is -0.730. The largest absolute Gasteiger partial charge is 0.326 e. The van der Waals surface area contributed by atoms with Gasteiger partial charge >= 0.3 is 0 Å². The number of carbonyl (C=O) groups excluding carboxylic acids is 2. The molecule has 0 unspecified atom stereocenters. The van der Waals surface area contributed by atoms with Crippen molar-refractivity contribution in [2.24, 2.45) is 5.10 Å². The lowest BCUT2D eigenvalue weighted by Gasteiger charge is -2.06. The zero-order valence-electron chi connectivity index (χ0n) is 16.7. The lowest BCUT2D eigenvalue weighted by molar-refractivity contribution is -0.384. The smallest absolute Gasteiger partial charge is 0.271 e. The van der Waals surface area contributed by atoms with Crippen molar-refractivity contribution in [3.8, 4) is 11.1 Å². The molecular formula is C23H20N4O4. The number of nitro benzene ring substituents is 1. The molecule has 0 saturated carbocycles. The maximum Gasteiger partial charge on any atom is 0.271 e. The molecule has 31 heavy (non-hydrogen) atoms. The fraction of sp³-hybridized carbons (Fsp3) is 0.0870. The summed E-state index contributed by atoms with van der Waals surface area (Å²) in [5.41, 5.74) is 5.74. The summed E-state index contributed by atoms with van der Waals surface area (Å²) in [6, 6.07) is 22.5. The van der Waals surface area contributed by atoms with E-state index in [0.29, 0.717) is 17.0 Å². The summed E-state index contributed by atoms with van der Waals surface area (Å²) >= 11 is 0. The molecule has 0 heterocycles. The zero-order chi connectivity index (χ0) is 22.2. The van der Waals surface area contributed by atoms with Crippen LogP contribution in [0.1, 0.15) is 23.7 Å². The minimum Gasteiger partial charge on any atom is -0.326 e. The van der Waals surface area contributed by atoms with Crippen LogP contribution in [0, 0.1) is 10.1 Å². The van der Waals surface area contributed by atoms with Gasteiger partial charge in [0, 0.05) is 29.1 Å². The Kier molecular flexibility index (Phi) is 6.85. The molecule has 0 aliphatic carbocycles. The Bertz CT molecular complexity index is 1110. The maximum absolute atomic E-state index is 12.3. The van der Waals surface area contributed by atoms with Gasteiger partial charge in [0.2, 0.25) is 5.91 Å². The minimum atomic E-state index is -0.514. The lowest BCUT2D eigenvalue weighted by Crippen LogP contribution is -2.21. The molecule has 0 radical (unpaired) electrons. The average molecular weight is 416 g/mol. The van der Waals surface area contributed by atoms with Crippen LogP contribution in [0.2, 0.25) is 0 Å². The molecule has 0 spiro atoms. The molecule has 2 N–H and O–H groups in total. The summed E-state index contributed by atoms with van der Waals surface area (Å²) in [6.45, 7) is 1.62. The highest BCUT2D eigenvalue weighted by Gasteiger charge is 2.09. The molecule has 2 amide bonds. The van der Waals surface area contributed by atoms with Gasteiger partial charge in [0.1, 0.15) is 0 Å². The predicted octanol–water partition coefficient (Wildman–Crippen LogP) is 4.40. The Balaban J connectivity index is 1.52. The van der Waals surface area contributed by atoms with Crippen molar-refractivity contribution in [1.82, 2.24) is 5.43 Å². The van der Waals surface area contributed by atoms with Crippen LogP contribution >= 0.6 is 0 Å². The second-order valence-electron chi connectivity index (χ2n) is 6.76. The number of nitrogens with one attached hydrogen (secondary N) is 2. The standard InChI is InChI=1S/C23H20N4O4/c1-16(15-22(28)24-20-11-13-21(14-12-20)27(30)31)25-26-23(29)19-9-7-18(8-10-19)17-5-3-2-4-6-17/h2-14H,15H2,1H3,(H,24,28)(H,26,29)/b25-16-. The van der Waals surface area contributed by atoms with E-state index in [4.69, 9.17) is 0 Å². The SMILES string of the molecule is C/C(CC(=O)Nc1ccc([N+](=O)[O-])cc1)=N/NC(=O)c1ccc(-c2ccccc2)cc1. The van der Waals surface area contributed by atoms with Crippen molar-refractivity contribution in [3.63, 3.8) is 0 Å². The summed E-state index contributed by atoms with van der Waals surface area (Å²) in [6.07, 6.45) is -0.0375. The van der Waals surface area contributed by atoms with Crippen LogP contribution in [0.3, 0.4) is 0 Å². The third-order valence-corrected chi connectivity index (χ3v) is 4.38. The number of rotatable bonds is 7. The van der Waals surface area contributed by atoms with Crippen molar-refractivity contribution in [2.75, 3.05) is 5.32 Å². The zero-order valence-corrected chi connectivity index (χ0v) is 16.7. The van der Waals surface area contributed by atoms with Crippen LogP contribution in [-0.2, 0) is 4.79 Å². The van der Waals surface area contributed by atoms with Crippen molar-refractivity contribution >= 4 is 28.9 Å². The molecule has 156 valence electrons. The number of carbonyl (C=O) groups is 2. The van der Waals surface area contributed by atoms with Gasteiger partial charge in [-0.2, -0.15) is 5.10 Å².